The topological polar surface area (TPSA) is 57.6 Å². The van der Waals surface area contributed by atoms with Crippen molar-refractivity contribution in [2.75, 3.05) is 11.4 Å². The van der Waals surface area contributed by atoms with Crippen molar-refractivity contribution in [1.82, 2.24) is 0 Å². The molecule has 0 bridgehead atoms. The predicted octanol–water partition coefficient (Wildman–Crippen LogP) is 3.02. The molecule has 1 aliphatic carbocycles. The standard InChI is InChI=1S/C17H19NO3/c19-16(12-5-2-1-3-6-12)18-10-4-7-13-11-14(17(20)21)8-9-15(13)18/h1-2,8-9,11-12H,3-7,10H2,(H,20,21). The van der Waals surface area contributed by atoms with Gasteiger partial charge in [0.05, 0.1) is 5.56 Å². The summed E-state index contributed by atoms with van der Waals surface area (Å²) in [5, 5.41) is 9.08. The van der Waals surface area contributed by atoms with Crippen molar-refractivity contribution in [3.8, 4) is 0 Å². The lowest BCUT2D eigenvalue weighted by Gasteiger charge is -2.33. The molecule has 1 heterocycles. The second-order valence-corrected chi connectivity index (χ2v) is 5.72. The van der Waals surface area contributed by atoms with Crippen LogP contribution in [0.1, 0.15) is 41.6 Å². The van der Waals surface area contributed by atoms with Crippen LogP contribution in [0.3, 0.4) is 0 Å². The average molecular weight is 285 g/mol. The van der Waals surface area contributed by atoms with Gasteiger partial charge in [-0.25, -0.2) is 4.79 Å². The molecule has 0 radical (unpaired) electrons. The molecule has 4 heteroatoms. The Bertz CT molecular complexity index is 606. The Morgan fingerprint density at radius 3 is 2.81 bits per heavy atom. The normalized spacial score (nSPS) is 21.0. The van der Waals surface area contributed by atoms with Gasteiger partial charge in [-0.1, -0.05) is 12.2 Å². The van der Waals surface area contributed by atoms with Gasteiger partial charge in [-0.3, -0.25) is 4.79 Å². The Hall–Kier alpha value is -2.10. The molecule has 0 fully saturated rings. The fourth-order valence-corrected chi connectivity index (χ4v) is 3.20. The van der Waals surface area contributed by atoms with Crippen molar-refractivity contribution < 1.29 is 14.7 Å². The molecule has 2 aliphatic rings. The number of benzene rings is 1. The van der Waals surface area contributed by atoms with Crippen molar-refractivity contribution in [2.24, 2.45) is 5.92 Å². The molecule has 1 amide bonds. The summed E-state index contributed by atoms with van der Waals surface area (Å²) in [4.78, 5) is 25.6. The third-order valence-corrected chi connectivity index (χ3v) is 4.33. The fourth-order valence-electron chi connectivity index (χ4n) is 3.20. The molecule has 110 valence electrons. The second-order valence-electron chi connectivity index (χ2n) is 5.72. The molecule has 1 aromatic rings. The summed E-state index contributed by atoms with van der Waals surface area (Å²) < 4.78 is 0. The molecule has 21 heavy (non-hydrogen) atoms. The minimum Gasteiger partial charge on any atom is -0.478 e. The molecule has 0 aromatic heterocycles. The Morgan fingerprint density at radius 1 is 1.24 bits per heavy atom. The van der Waals surface area contributed by atoms with Crippen LogP contribution in [0.4, 0.5) is 5.69 Å². The first-order valence-corrected chi connectivity index (χ1v) is 7.49. The van der Waals surface area contributed by atoms with Gasteiger partial charge in [0, 0.05) is 18.2 Å². The summed E-state index contributed by atoms with van der Waals surface area (Å²) in [6.07, 6.45) is 8.65. The summed E-state index contributed by atoms with van der Waals surface area (Å²) in [7, 11) is 0. The Morgan fingerprint density at radius 2 is 2.10 bits per heavy atom. The van der Waals surface area contributed by atoms with Crippen LogP contribution in [0.15, 0.2) is 30.4 Å². The maximum Gasteiger partial charge on any atom is 0.335 e. The smallest absolute Gasteiger partial charge is 0.335 e. The van der Waals surface area contributed by atoms with E-state index >= 15 is 0 Å². The molecule has 1 atom stereocenters. The summed E-state index contributed by atoms with van der Waals surface area (Å²) in [5.41, 5.74) is 2.16. The Labute approximate surface area is 124 Å². The van der Waals surface area contributed by atoms with Crippen LogP contribution in [-0.4, -0.2) is 23.5 Å². The van der Waals surface area contributed by atoms with Gasteiger partial charge in [-0.15, -0.1) is 0 Å². The fraction of sp³-hybridized carbons (Fsp3) is 0.412. The Balaban J connectivity index is 1.88. The zero-order valence-electron chi connectivity index (χ0n) is 11.9. The lowest BCUT2D eigenvalue weighted by atomic mass is 9.91. The van der Waals surface area contributed by atoms with Gasteiger partial charge in [-0.05, 0) is 55.9 Å². The summed E-state index contributed by atoms with van der Waals surface area (Å²) in [6.45, 7) is 0.735. The number of carbonyl (C=O) groups is 2. The van der Waals surface area contributed by atoms with Crippen LogP contribution < -0.4 is 4.90 Å². The third-order valence-electron chi connectivity index (χ3n) is 4.33. The van der Waals surface area contributed by atoms with E-state index in [1.54, 1.807) is 18.2 Å². The van der Waals surface area contributed by atoms with Crippen LogP contribution in [0.25, 0.3) is 0 Å². The zero-order chi connectivity index (χ0) is 14.8. The highest BCUT2D eigenvalue weighted by molar-refractivity contribution is 5.97. The van der Waals surface area contributed by atoms with Gasteiger partial charge in [0.25, 0.3) is 0 Å². The molecular formula is C17H19NO3. The lowest BCUT2D eigenvalue weighted by molar-refractivity contribution is -0.122. The number of fused-ring (bicyclic) bond motifs is 1. The number of carbonyl (C=O) groups excluding carboxylic acids is 1. The number of carboxylic acids is 1. The van der Waals surface area contributed by atoms with E-state index in [1.165, 1.54) is 0 Å². The van der Waals surface area contributed by atoms with E-state index in [0.717, 1.165) is 49.9 Å². The quantitative estimate of drug-likeness (QED) is 0.850. The number of aromatic carboxylic acids is 1. The molecule has 1 aromatic carbocycles. The van der Waals surface area contributed by atoms with Crippen molar-refractivity contribution in [1.29, 1.82) is 0 Å². The van der Waals surface area contributed by atoms with Crippen molar-refractivity contribution >= 4 is 17.6 Å². The van der Waals surface area contributed by atoms with Crippen LogP contribution in [-0.2, 0) is 11.2 Å². The second kappa shape index (κ2) is 5.72. The molecule has 1 unspecified atom stereocenters. The number of hydrogen-bond acceptors (Lipinski definition) is 2. The summed E-state index contributed by atoms with van der Waals surface area (Å²) in [6, 6.07) is 5.08. The van der Waals surface area contributed by atoms with Gasteiger partial charge in [0.2, 0.25) is 5.91 Å². The number of hydrogen-bond donors (Lipinski definition) is 1. The van der Waals surface area contributed by atoms with Crippen LogP contribution in [0, 0.1) is 5.92 Å². The largest absolute Gasteiger partial charge is 0.478 e. The van der Waals surface area contributed by atoms with Crippen molar-refractivity contribution in [3.05, 3.63) is 41.5 Å². The SMILES string of the molecule is O=C(O)c1ccc2c(c1)CCCN2C(=O)C1CC=CCC1. The van der Waals surface area contributed by atoms with E-state index in [1.807, 2.05) is 4.90 Å². The van der Waals surface area contributed by atoms with Gasteiger partial charge in [0.1, 0.15) is 0 Å². The molecule has 0 saturated heterocycles. The maximum atomic E-state index is 12.7. The number of anilines is 1. The predicted molar refractivity (Wildman–Crippen MR) is 80.6 cm³/mol. The zero-order valence-corrected chi connectivity index (χ0v) is 11.9. The first-order valence-electron chi connectivity index (χ1n) is 7.49. The minimum absolute atomic E-state index is 0.0695. The molecule has 0 spiro atoms. The van der Waals surface area contributed by atoms with Crippen LogP contribution in [0.2, 0.25) is 0 Å². The summed E-state index contributed by atoms with van der Waals surface area (Å²) >= 11 is 0. The number of allylic oxidation sites excluding steroid dienone is 2. The first-order chi connectivity index (χ1) is 10.2. The molecule has 1 aliphatic heterocycles. The van der Waals surface area contributed by atoms with Gasteiger partial charge >= 0.3 is 5.97 Å². The number of nitrogens with zero attached hydrogens (tertiary/aromatic N) is 1. The van der Waals surface area contributed by atoms with Crippen LogP contribution >= 0.6 is 0 Å². The molecular weight excluding hydrogens is 266 g/mol. The monoisotopic (exact) mass is 285 g/mol. The van der Waals surface area contributed by atoms with E-state index in [4.69, 9.17) is 5.11 Å². The molecule has 3 rings (SSSR count). The van der Waals surface area contributed by atoms with E-state index in [-0.39, 0.29) is 11.8 Å². The number of aryl methyl sites for hydroxylation is 1. The highest BCUT2D eigenvalue weighted by Crippen LogP contribution is 2.31. The van der Waals surface area contributed by atoms with E-state index < -0.39 is 5.97 Å². The highest BCUT2D eigenvalue weighted by atomic mass is 16.4. The third kappa shape index (κ3) is 2.71. The number of rotatable bonds is 2. The Kier molecular flexibility index (Phi) is 3.78. The highest BCUT2D eigenvalue weighted by Gasteiger charge is 2.28. The van der Waals surface area contributed by atoms with Gasteiger partial charge < -0.3 is 10.0 Å². The minimum atomic E-state index is -0.918. The first kappa shape index (κ1) is 13.9. The number of amides is 1. The van der Waals surface area contributed by atoms with E-state index in [9.17, 15) is 9.59 Å². The van der Waals surface area contributed by atoms with Crippen molar-refractivity contribution in [3.63, 3.8) is 0 Å². The molecule has 1 N–H and O–H groups in total. The maximum absolute atomic E-state index is 12.7. The summed E-state index contributed by atoms with van der Waals surface area (Å²) in [5.74, 6) is -0.665. The van der Waals surface area contributed by atoms with E-state index in [0.29, 0.717) is 5.56 Å². The van der Waals surface area contributed by atoms with Gasteiger partial charge in [0.15, 0.2) is 0 Å². The molecule has 0 saturated carbocycles. The van der Waals surface area contributed by atoms with Crippen LogP contribution in [0.5, 0.6) is 0 Å². The molecule has 4 nitrogen and oxygen atoms in total. The van der Waals surface area contributed by atoms with Gasteiger partial charge in [-0.2, -0.15) is 0 Å². The van der Waals surface area contributed by atoms with E-state index in [2.05, 4.69) is 12.2 Å². The number of carboxylic acid groups (broad SMARTS) is 1. The van der Waals surface area contributed by atoms with Crippen molar-refractivity contribution in [2.45, 2.75) is 32.1 Å². The average Bonchev–Trinajstić information content (AvgIpc) is 2.54. The lowest BCUT2D eigenvalue weighted by Crippen LogP contribution is -2.40.